The van der Waals surface area contributed by atoms with Crippen LogP contribution in [0.25, 0.3) is 0 Å². The van der Waals surface area contributed by atoms with Gasteiger partial charge in [-0.15, -0.1) is 0 Å². The number of carbonyl (C=O) groups excluding carboxylic acids is 1. The molecule has 1 saturated carbocycles. The first-order valence-electron chi connectivity index (χ1n) is 6.55. The van der Waals surface area contributed by atoms with Gasteiger partial charge in [0.2, 0.25) is 0 Å². The summed E-state index contributed by atoms with van der Waals surface area (Å²) < 4.78 is 1.37. The third kappa shape index (κ3) is 2.45. The smallest absolute Gasteiger partial charge is 0.311 e. The molecular formula is C14H18N2O4. The Bertz CT molecular complexity index is 607. The van der Waals surface area contributed by atoms with Crippen LogP contribution in [0.4, 0.5) is 0 Å². The Morgan fingerprint density at radius 2 is 2.20 bits per heavy atom. The van der Waals surface area contributed by atoms with Gasteiger partial charge < -0.3 is 15.0 Å². The third-order valence-electron chi connectivity index (χ3n) is 4.12. The number of aryl methyl sites for hydroxylation is 1. The maximum atomic E-state index is 12.1. The van der Waals surface area contributed by atoms with E-state index in [0.29, 0.717) is 12.8 Å². The van der Waals surface area contributed by atoms with E-state index < -0.39 is 23.3 Å². The Hall–Kier alpha value is -2.11. The average molecular weight is 278 g/mol. The fourth-order valence-corrected chi connectivity index (χ4v) is 2.58. The van der Waals surface area contributed by atoms with Crippen LogP contribution in [0.1, 0.15) is 36.5 Å². The summed E-state index contributed by atoms with van der Waals surface area (Å²) in [7, 11) is 1.60. The van der Waals surface area contributed by atoms with Gasteiger partial charge in [-0.3, -0.25) is 14.4 Å². The fourth-order valence-electron chi connectivity index (χ4n) is 2.58. The van der Waals surface area contributed by atoms with Crippen LogP contribution in [-0.2, 0) is 11.8 Å². The highest BCUT2D eigenvalue weighted by Crippen LogP contribution is 2.38. The normalized spacial score (nSPS) is 25.4. The zero-order valence-corrected chi connectivity index (χ0v) is 11.5. The molecule has 1 aromatic heterocycles. The fraction of sp³-hybridized carbons (Fsp3) is 0.500. The lowest BCUT2D eigenvalue weighted by Crippen LogP contribution is -2.47. The summed E-state index contributed by atoms with van der Waals surface area (Å²) in [6, 6.07) is 2.39. The number of carbonyl (C=O) groups is 2. The number of nitrogens with one attached hydrogen (secondary N) is 1. The summed E-state index contributed by atoms with van der Waals surface area (Å²) >= 11 is 0. The predicted octanol–water partition coefficient (Wildman–Crippen LogP) is 0.758. The van der Waals surface area contributed by atoms with Gasteiger partial charge in [0.05, 0.1) is 5.41 Å². The summed E-state index contributed by atoms with van der Waals surface area (Å²) in [5.74, 6) is -1.30. The van der Waals surface area contributed by atoms with Crippen molar-refractivity contribution in [3.63, 3.8) is 0 Å². The zero-order valence-electron chi connectivity index (χ0n) is 11.5. The first-order valence-corrected chi connectivity index (χ1v) is 6.55. The monoisotopic (exact) mass is 278 g/mol. The summed E-state index contributed by atoms with van der Waals surface area (Å²) in [5.41, 5.74) is -0.951. The van der Waals surface area contributed by atoms with Crippen molar-refractivity contribution in [2.24, 2.45) is 12.5 Å². The Morgan fingerprint density at radius 1 is 1.50 bits per heavy atom. The molecule has 1 aromatic rings. The minimum atomic E-state index is -0.935. The molecule has 0 saturated heterocycles. The summed E-state index contributed by atoms with van der Waals surface area (Å²) in [5, 5.41) is 12.0. The van der Waals surface area contributed by atoms with Crippen molar-refractivity contribution in [2.75, 3.05) is 0 Å². The minimum absolute atomic E-state index is 0.257. The Kier molecular flexibility index (Phi) is 3.65. The largest absolute Gasteiger partial charge is 0.481 e. The summed E-state index contributed by atoms with van der Waals surface area (Å²) in [4.78, 5) is 35.0. The van der Waals surface area contributed by atoms with Crippen LogP contribution in [0.3, 0.4) is 0 Å². The van der Waals surface area contributed by atoms with Crippen molar-refractivity contribution >= 4 is 11.9 Å². The van der Waals surface area contributed by atoms with Crippen molar-refractivity contribution in [1.82, 2.24) is 9.88 Å². The molecule has 1 amide bonds. The first-order chi connectivity index (χ1) is 9.34. The molecule has 0 radical (unpaired) electrons. The number of carboxylic acids is 1. The van der Waals surface area contributed by atoms with Crippen LogP contribution in [0.5, 0.6) is 0 Å². The van der Waals surface area contributed by atoms with E-state index in [0.717, 1.165) is 6.42 Å². The van der Waals surface area contributed by atoms with E-state index in [2.05, 4.69) is 5.32 Å². The van der Waals surface area contributed by atoms with Crippen molar-refractivity contribution in [1.29, 1.82) is 0 Å². The van der Waals surface area contributed by atoms with Crippen LogP contribution >= 0.6 is 0 Å². The molecule has 1 fully saturated rings. The van der Waals surface area contributed by atoms with Gasteiger partial charge in [-0.1, -0.05) is 6.42 Å². The molecular weight excluding hydrogens is 260 g/mol. The predicted molar refractivity (Wildman–Crippen MR) is 72.5 cm³/mol. The summed E-state index contributed by atoms with van der Waals surface area (Å²) in [6.07, 6.45) is 3.47. The Morgan fingerprint density at radius 3 is 2.80 bits per heavy atom. The van der Waals surface area contributed by atoms with Crippen LogP contribution in [0, 0.1) is 5.41 Å². The quantitative estimate of drug-likeness (QED) is 0.854. The zero-order chi connectivity index (χ0) is 14.9. The molecule has 2 rings (SSSR count). The maximum Gasteiger partial charge on any atom is 0.311 e. The number of aromatic nitrogens is 1. The summed E-state index contributed by atoms with van der Waals surface area (Å²) in [6.45, 7) is 1.65. The molecule has 6 nitrogen and oxygen atoms in total. The molecule has 0 aromatic carbocycles. The second-order valence-electron chi connectivity index (χ2n) is 5.51. The van der Waals surface area contributed by atoms with E-state index in [1.54, 1.807) is 20.0 Å². The van der Waals surface area contributed by atoms with E-state index in [1.165, 1.54) is 16.8 Å². The van der Waals surface area contributed by atoms with Gasteiger partial charge in [0.25, 0.3) is 11.5 Å². The number of nitrogens with zero attached hydrogens (tertiary/aromatic N) is 1. The topological polar surface area (TPSA) is 88.4 Å². The van der Waals surface area contributed by atoms with Gasteiger partial charge in [0, 0.05) is 30.9 Å². The van der Waals surface area contributed by atoms with Crippen molar-refractivity contribution in [3.05, 3.63) is 34.2 Å². The number of pyridine rings is 1. The molecule has 1 heterocycles. The number of rotatable bonds is 3. The highest BCUT2D eigenvalue weighted by atomic mass is 16.4. The third-order valence-corrected chi connectivity index (χ3v) is 4.12. The SMILES string of the molecule is Cn1ccc(C(=O)NC2CCCC2(C)C(=O)O)cc1=O. The average Bonchev–Trinajstić information content (AvgIpc) is 2.75. The molecule has 2 atom stereocenters. The van der Waals surface area contributed by atoms with Crippen molar-refractivity contribution in [2.45, 2.75) is 32.2 Å². The number of amides is 1. The molecule has 0 bridgehead atoms. The van der Waals surface area contributed by atoms with Crippen LogP contribution < -0.4 is 10.9 Å². The highest BCUT2D eigenvalue weighted by molar-refractivity contribution is 5.94. The number of carboxylic acid groups (broad SMARTS) is 1. The van der Waals surface area contributed by atoms with Gasteiger partial charge in [-0.25, -0.2) is 0 Å². The lowest BCUT2D eigenvalue weighted by atomic mass is 9.85. The number of hydrogen-bond acceptors (Lipinski definition) is 3. The highest BCUT2D eigenvalue weighted by Gasteiger charge is 2.45. The van der Waals surface area contributed by atoms with Crippen molar-refractivity contribution in [3.8, 4) is 0 Å². The molecule has 1 aliphatic carbocycles. The second-order valence-corrected chi connectivity index (χ2v) is 5.51. The van der Waals surface area contributed by atoms with E-state index in [4.69, 9.17) is 0 Å². The van der Waals surface area contributed by atoms with Crippen LogP contribution in [0.2, 0.25) is 0 Å². The van der Waals surface area contributed by atoms with Crippen LogP contribution in [0.15, 0.2) is 23.1 Å². The van der Waals surface area contributed by atoms with Crippen molar-refractivity contribution < 1.29 is 14.7 Å². The number of hydrogen-bond donors (Lipinski definition) is 2. The van der Waals surface area contributed by atoms with Gasteiger partial charge in [0.15, 0.2) is 0 Å². The van der Waals surface area contributed by atoms with Gasteiger partial charge in [0.1, 0.15) is 0 Å². The van der Waals surface area contributed by atoms with E-state index in [1.807, 2.05) is 0 Å². The maximum absolute atomic E-state index is 12.1. The number of aliphatic carboxylic acids is 1. The lowest BCUT2D eigenvalue weighted by molar-refractivity contribution is -0.148. The standard InChI is InChI=1S/C14H18N2O4/c1-14(13(19)20)6-3-4-10(14)15-12(18)9-5-7-16(2)11(17)8-9/h5,7-8,10H,3-4,6H2,1-2H3,(H,15,18)(H,19,20). The minimum Gasteiger partial charge on any atom is -0.481 e. The van der Waals surface area contributed by atoms with Crippen LogP contribution in [-0.4, -0.2) is 27.6 Å². The molecule has 20 heavy (non-hydrogen) atoms. The lowest BCUT2D eigenvalue weighted by Gasteiger charge is -2.27. The van der Waals surface area contributed by atoms with Gasteiger partial charge in [-0.05, 0) is 25.8 Å². The Balaban J connectivity index is 2.17. The molecule has 2 N–H and O–H groups in total. The van der Waals surface area contributed by atoms with E-state index in [9.17, 15) is 19.5 Å². The molecule has 0 aliphatic heterocycles. The molecule has 1 aliphatic rings. The van der Waals surface area contributed by atoms with Gasteiger partial charge in [-0.2, -0.15) is 0 Å². The molecule has 6 heteroatoms. The van der Waals surface area contributed by atoms with Gasteiger partial charge >= 0.3 is 5.97 Å². The van der Waals surface area contributed by atoms with E-state index in [-0.39, 0.29) is 11.1 Å². The molecule has 108 valence electrons. The molecule has 2 unspecified atom stereocenters. The van der Waals surface area contributed by atoms with E-state index >= 15 is 0 Å². The molecule has 0 spiro atoms. The Labute approximate surface area is 116 Å². The first kappa shape index (κ1) is 14.3. The second kappa shape index (κ2) is 5.11.